The van der Waals surface area contributed by atoms with E-state index in [0.29, 0.717) is 6.42 Å². The normalized spacial score (nSPS) is 28.5. The summed E-state index contributed by atoms with van der Waals surface area (Å²) >= 11 is 0. The summed E-state index contributed by atoms with van der Waals surface area (Å²) in [5.74, 6) is -0.402. The second-order valence-electron chi connectivity index (χ2n) is 6.02. The lowest BCUT2D eigenvalue weighted by Gasteiger charge is -2.23. The first kappa shape index (κ1) is 15.9. The standard InChI is InChI=1S/C16H22O5S/c1-13-3-5-15(6-4-13)22(17,18)20-12-8-14-7-10-16(21-14)9-2-11-19-16/h3-6,14H,2,7-12H2,1H3/t14-,16+/m1/s1. The number of ether oxygens (including phenoxy) is 2. The molecule has 0 radical (unpaired) electrons. The van der Waals surface area contributed by atoms with E-state index in [9.17, 15) is 8.42 Å². The van der Waals surface area contributed by atoms with Crippen molar-refractivity contribution in [3.05, 3.63) is 29.8 Å². The summed E-state index contributed by atoms with van der Waals surface area (Å²) in [5.41, 5.74) is 1.01. The highest BCUT2D eigenvalue weighted by molar-refractivity contribution is 7.86. The summed E-state index contributed by atoms with van der Waals surface area (Å²) in [6.07, 6.45) is 4.34. The van der Waals surface area contributed by atoms with Crippen molar-refractivity contribution < 1.29 is 22.1 Å². The van der Waals surface area contributed by atoms with Crippen molar-refractivity contribution in [3.63, 3.8) is 0 Å². The molecule has 6 heteroatoms. The second-order valence-corrected chi connectivity index (χ2v) is 7.63. The van der Waals surface area contributed by atoms with Gasteiger partial charge < -0.3 is 9.47 Å². The largest absolute Gasteiger partial charge is 0.350 e. The molecule has 0 bridgehead atoms. The van der Waals surface area contributed by atoms with E-state index in [-0.39, 0.29) is 17.6 Å². The van der Waals surface area contributed by atoms with Crippen molar-refractivity contribution in [3.8, 4) is 0 Å². The Labute approximate surface area is 131 Å². The van der Waals surface area contributed by atoms with Gasteiger partial charge in [0.2, 0.25) is 0 Å². The van der Waals surface area contributed by atoms with Crippen LogP contribution in [0.2, 0.25) is 0 Å². The van der Waals surface area contributed by atoms with Crippen molar-refractivity contribution in [1.82, 2.24) is 0 Å². The van der Waals surface area contributed by atoms with Crippen LogP contribution >= 0.6 is 0 Å². The van der Waals surface area contributed by atoms with Crippen LogP contribution in [-0.2, 0) is 23.8 Å². The fourth-order valence-corrected chi connectivity index (χ4v) is 3.95. The lowest BCUT2D eigenvalue weighted by Crippen LogP contribution is -2.28. The molecule has 0 aliphatic carbocycles. The van der Waals surface area contributed by atoms with Crippen molar-refractivity contribution in [2.24, 2.45) is 0 Å². The first-order valence-electron chi connectivity index (χ1n) is 7.77. The molecule has 3 rings (SSSR count). The van der Waals surface area contributed by atoms with Crippen LogP contribution < -0.4 is 0 Å². The minimum absolute atomic E-state index is 0.0197. The molecule has 0 saturated carbocycles. The third kappa shape index (κ3) is 3.51. The summed E-state index contributed by atoms with van der Waals surface area (Å²) in [6.45, 7) is 2.80. The van der Waals surface area contributed by atoms with Crippen LogP contribution in [0.5, 0.6) is 0 Å². The Morgan fingerprint density at radius 3 is 2.73 bits per heavy atom. The monoisotopic (exact) mass is 326 g/mol. The number of hydrogen-bond acceptors (Lipinski definition) is 5. The van der Waals surface area contributed by atoms with Crippen molar-refractivity contribution in [2.45, 2.75) is 55.8 Å². The highest BCUT2D eigenvalue weighted by Crippen LogP contribution is 2.40. The molecule has 5 nitrogen and oxygen atoms in total. The van der Waals surface area contributed by atoms with Gasteiger partial charge in [0.15, 0.2) is 5.79 Å². The molecule has 2 atom stereocenters. The molecule has 1 spiro atoms. The summed E-state index contributed by atoms with van der Waals surface area (Å²) in [5, 5.41) is 0. The summed E-state index contributed by atoms with van der Waals surface area (Å²) in [4.78, 5) is 0.195. The van der Waals surface area contributed by atoms with Gasteiger partial charge >= 0.3 is 0 Å². The number of rotatable bonds is 5. The van der Waals surface area contributed by atoms with E-state index in [1.165, 1.54) is 0 Å². The predicted octanol–water partition coefficient (Wildman–Crippen LogP) is 2.78. The molecule has 0 N–H and O–H groups in total. The topological polar surface area (TPSA) is 61.8 Å². The average molecular weight is 326 g/mol. The van der Waals surface area contributed by atoms with Crippen LogP contribution in [0.3, 0.4) is 0 Å². The van der Waals surface area contributed by atoms with E-state index in [2.05, 4.69) is 0 Å². The molecule has 1 aromatic carbocycles. The van der Waals surface area contributed by atoms with Gasteiger partial charge in [0.05, 0.1) is 24.2 Å². The summed E-state index contributed by atoms with van der Waals surface area (Å²) in [6, 6.07) is 6.66. The quantitative estimate of drug-likeness (QED) is 0.779. The SMILES string of the molecule is Cc1ccc(S(=O)(=O)OCC[C@H]2CC[C@]3(CCCO3)O2)cc1. The molecular formula is C16H22O5S. The van der Waals surface area contributed by atoms with E-state index >= 15 is 0 Å². The zero-order valence-electron chi connectivity index (χ0n) is 12.8. The molecule has 2 saturated heterocycles. The van der Waals surface area contributed by atoms with Crippen LogP contribution in [0.15, 0.2) is 29.2 Å². The van der Waals surface area contributed by atoms with Gasteiger partial charge in [0.25, 0.3) is 10.1 Å². The molecule has 1 aromatic rings. The van der Waals surface area contributed by atoms with Gasteiger partial charge in [-0.25, -0.2) is 0 Å². The van der Waals surface area contributed by atoms with E-state index in [1.807, 2.05) is 6.92 Å². The molecular weight excluding hydrogens is 304 g/mol. The maximum absolute atomic E-state index is 12.1. The molecule has 2 heterocycles. The van der Waals surface area contributed by atoms with Crippen LogP contribution in [0, 0.1) is 6.92 Å². The molecule has 2 fully saturated rings. The van der Waals surface area contributed by atoms with Crippen LogP contribution in [0.4, 0.5) is 0 Å². The van der Waals surface area contributed by atoms with Gasteiger partial charge in [-0.3, -0.25) is 4.18 Å². The zero-order chi connectivity index (χ0) is 15.6. The Hall–Kier alpha value is -0.950. The molecule has 0 unspecified atom stereocenters. The number of benzene rings is 1. The Kier molecular flexibility index (Phi) is 4.54. The van der Waals surface area contributed by atoms with Gasteiger partial charge in [-0.15, -0.1) is 0 Å². The molecule has 0 aromatic heterocycles. The zero-order valence-corrected chi connectivity index (χ0v) is 13.6. The molecule has 2 aliphatic heterocycles. The van der Waals surface area contributed by atoms with Crippen LogP contribution in [0.1, 0.15) is 37.7 Å². The van der Waals surface area contributed by atoms with Gasteiger partial charge in [0, 0.05) is 12.8 Å². The smallest absolute Gasteiger partial charge is 0.296 e. The van der Waals surface area contributed by atoms with Gasteiger partial charge in [0.1, 0.15) is 0 Å². The second kappa shape index (κ2) is 6.28. The van der Waals surface area contributed by atoms with E-state index < -0.39 is 15.9 Å². The first-order valence-corrected chi connectivity index (χ1v) is 9.18. The van der Waals surface area contributed by atoms with Crippen molar-refractivity contribution >= 4 is 10.1 Å². The van der Waals surface area contributed by atoms with E-state index in [1.54, 1.807) is 24.3 Å². The summed E-state index contributed by atoms with van der Waals surface area (Å²) in [7, 11) is -3.68. The van der Waals surface area contributed by atoms with Gasteiger partial charge in [-0.2, -0.15) is 8.42 Å². The third-order valence-corrected chi connectivity index (χ3v) is 5.61. The number of hydrogen-bond donors (Lipinski definition) is 0. The Morgan fingerprint density at radius 2 is 2.05 bits per heavy atom. The average Bonchev–Trinajstić information content (AvgIpc) is 3.10. The maximum atomic E-state index is 12.1. The number of aryl methyl sites for hydroxylation is 1. The summed E-state index contributed by atoms with van der Waals surface area (Å²) < 4.78 is 40.9. The fourth-order valence-electron chi connectivity index (χ4n) is 3.03. The van der Waals surface area contributed by atoms with Crippen LogP contribution in [-0.4, -0.2) is 33.5 Å². The van der Waals surface area contributed by atoms with Crippen molar-refractivity contribution in [1.29, 1.82) is 0 Å². The van der Waals surface area contributed by atoms with E-state index in [0.717, 1.165) is 37.9 Å². The van der Waals surface area contributed by atoms with Crippen LogP contribution in [0.25, 0.3) is 0 Å². The molecule has 0 amide bonds. The Balaban J connectivity index is 1.49. The highest BCUT2D eigenvalue weighted by Gasteiger charge is 2.43. The Bertz CT molecular complexity index is 602. The van der Waals surface area contributed by atoms with Gasteiger partial charge in [-0.05, 0) is 38.3 Å². The highest BCUT2D eigenvalue weighted by atomic mass is 32.2. The minimum atomic E-state index is -3.68. The fraction of sp³-hybridized carbons (Fsp3) is 0.625. The lowest BCUT2D eigenvalue weighted by atomic mass is 10.1. The maximum Gasteiger partial charge on any atom is 0.296 e. The molecule has 22 heavy (non-hydrogen) atoms. The minimum Gasteiger partial charge on any atom is -0.350 e. The van der Waals surface area contributed by atoms with Crippen molar-refractivity contribution in [2.75, 3.05) is 13.2 Å². The lowest BCUT2D eigenvalue weighted by molar-refractivity contribution is -0.200. The predicted molar refractivity (Wildman–Crippen MR) is 81.0 cm³/mol. The van der Waals surface area contributed by atoms with E-state index in [4.69, 9.17) is 13.7 Å². The van der Waals surface area contributed by atoms with Gasteiger partial charge in [-0.1, -0.05) is 17.7 Å². The third-order valence-electron chi connectivity index (χ3n) is 4.28. The molecule has 122 valence electrons. The molecule has 2 aliphatic rings. The first-order chi connectivity index (χ1) is 10.5. The Morgan fingerprint density at radius 1 is 1.27 bits per heavy atom.